The second-order valence-corrected chi connectivity index (χ2v) is 6.15. The second-order valence-electron chi connectivity index (χ2n) is 6.15. The van der Waals surface area contributed by atoms with Gasteiger partial charge in [-0.05, 0) is 34.9 Å². The van der Waals surface area contributed by atoms with Gasteiger partial charge in [-0.25, -0.2) is 0 Å². The van der Waals surface area contributed by atoms with E-state index in [1.165, 1.54) is 11.1 Å². The van der Waals surface area contributed by atoms with Crippen LogP contribution < -0.4 is 9.47 Å². The average molecular weight is 360 g/mol. The van der Waals surface area contributed by atoms with Crippen molar-refractivity contribution in [3.05, 3.63) is 95.6 Å². The zero-order chi connectivity index (χ0) is 18.9. The van der Waals surface area contributed by atoms with E-state index in [-0.39, 0.29) is 0 Å². The number of methoxy groups -OCH3 is 2. The van der Waals surface area contributed by atoms with Crippen molar-refractivity contribution in [1.82, 2.24) is 5.01 Å². The summed E-state index contributed by atoms with van der Waals surface area (Å²) in [5.74, 6) is 1.40. The van der Waals surface area contributed by atoms with Crippen molar-refractivity contribution in [2.45, 2.75) is 13.1 Å². The van der Waals surface area contributed by atoms with Gasteiger partial charge in [-0.1, -0.05) is 60.7 Å². The Hall–Kier alpha value is -3.27. The Morgan fingerprint density at radius 3 is 1.81 bits per heavy atom. The average Bonchev–Trinajstić information content (AvgIpc) is 2.73. The highest BCUT2D eigenvalue weighted by atomic mass is 16.5. The van der Waals surface area contributed by atoms with Gasteiger partial charge in [0.25, 0.3) is 0 Å². The molecule has 0 fully saturated rings. The van der Waals surface area contributed by atoms with Gasteiger partial charge in [0.1, 0.15) is 0 Å². The summed E-state index contributed by atoms with van der Waals surface area (Å²) in [4.78, 5) is 0. The molecule has 0 heterocycles. The van der Waals surface area contributed by atoms with Gasteiger partial charge in [0.15, 0.2) is 11.5 Å². The van der Waals surface area contributed by atoms with Crippen LogP contribution in [0.25, 0.3) is 0 Å². The minimum Gasteiger partial charge on any atom is -0.493 e. The van der Waals surface area contributed by atoms with Crippen LogP contribution in [-0.2, 0) is 13.1 Å². The van der Waals surface area contributed by atoms with Gasteiger partial charge in [-0.3, -0.25) is 5.01 Å². The monoisotopic (exact) mass is 360 g/mol. The summed E-state index contributed by atoms with van der Waals surface area (Å²) >= 11 is 0. The number of hydrazone groups is 1. The van der Waals surface area contributed by atoms with Crippen molar-refractivity contribution < 1.29 is 9.47 Å². The molecule has 3 rings (SSSR count). The van der Waals surface area contributed by atoms with Crippen LogP contribution in [0.15, 0.2) is 84.0 Å². The maximum atomic E-state index is 5.37. The van der Waals surface area contributed by atoms with Gasteiger partial charge >= 0.3 is 0 Å². The Labute approximate surface area is 160 Å². The molecule has 0 N–H and O–H groups in total. The van der Waals surface area contributed by atoms with E-state index >= 15 is 0 Å². The molecule has 0 saturated carbocycles. The predicted molar refractivity (Wildman–Crippen MR) is 109 cm³/mol. The molecule has 0 saturated heterocycles. The van der Waals surface area contributed by atoms with Crippen LogP contribution in [0, 0.1) is 0 Å². The lowest BCUT2D eigenvalue weighted by molar-refractivity contribution is 0.272. The number of nitrogens with zero attached hydrogens (tertiary/aromatic N) is 2. The fourth-order valence-electron chi connectivity index (χ4n) is 2.81. The molecule has 0 aromatic heterocycles. The van der Waals surface area contributed by atoms with Gasteiger partial charge in [-0.15, -0.1) is 0 Å². The van der Waals surface area contributed by atoms with E-state index in [0.717, 1.165) is 18.7 Å². The zero-order valence-corrected chi connectivity index (χ0v) is 15.7. The molecule has 4 heteroatoms. The third kappa shape index (κ3) is 5.35. The fraction of sp³-hybridized carbons (Fsp3) is 0.174. The van der Waals surface area contributed by atoms with Crippen LogP contribution in [0.5, 0.6) is 11.5 Å². The molecule has 0 aliphatic carbocycles. The molecule has 138 valence electrons. The van der Waals surface area contributed by atoms with Crippen molar-refractivity contribution >= 4 is 6.21 Å². The lowest BCUT2D eigenvalue weighted by Crippen LogP contribution is -2.17. The fourth-order valence-corrected chi connectivity index (χ4v) is 2.81. The summed E-state index contributed by atoms with van der Waals surface area (Å²) in [5.41, 5.74) is 3.40. The molecule has 0 amide bonds. The van der Waals surface area contributed by atoms with Crippen molar-refractivity contribution in [3.63, 3.8) is 0 Å². The van der Waals surface area contributed by atoms with Crippen molar-refractivity contribution in [1.29, 1.82) is 0 Å². The molecule has 3 aromatic carbocycles. The number of rotatable bonds is 8. The van der Waals surface area contributed by atoms with Gasteiger partial charge in [-0.2, -0.15) is 5.10 Å². The van der Waals surface area contributed by atoms with Crippen LogP contribution in [-0.4, -0.2) is 25.4 Å². The molecule has 0 atom stereocenters. The molecule has 27 heavy (non-hydrogen) atoms. The number of hydrogen-bond acceptors (Lipinski definition) is 4. The van der Waals surface area contributed by atoms with Gasteiger partial charge < -0.3 is 9.47 Å². The van der Waals surface area contributed by atoms with E-state index in [4.69, 9.17) is 14.6 Å². The van der Waals surface area contributed by atoms with Crippen LogP contribution in [0.3, 0.4) is 0 Å². The Bertz CT molecular complexity index is 823. The number of benzene rings is 3. The summed E-state index contributed by atoms with van der Waals surface area (Å²) in [6.45, 7) is 1.47. The maximum Gasteiger partial charge on any atom is 0.161 e. The van der Waals surface area contributed by atoms with E-state index < -0.39 is 0 Å². The largest absolute Gasteiger partial charge is 0.493 e. The van der Waals surface area contributed by atoms with E-state index in [1.54, 1.807) is 14.2 Å². The summed E-state index contributed by atoms with van der Waals surface area (Å²) in [6.07, 6.45) is 1.86. The molecule has 4 nitrogen and oxygen atoms in total. The molecule has 0 bridgehead atoms. The van der Waals surface area contributed by atoms with Crippen LogP contribution in [0.2, 0.25) is 0 Å². The SMILES string of the molecule is COc1ccc(/C=N/N(Cc2ccccc2)Cc2ccccc2)cc1OC. The molecule has 0 aliphatic heterocycles. The quantitative estimate of drug-likeness (QED) is 0.430. The maximum absolute atomic E-state index is 5.37. The van der Waals surface area contributed by atoms with Crippen molar-refractivity contribution in [2.75, 3.05) is 14.2 Å². The van der Waals surface area contributed by atoms with Crippen molar-refractivity contribution in [2.24, 2.45) is 5.10 Å². The Balaban J connectivity index is 1.80. The van der Waals surface area contributed by atoms with E-state index in [9.17, 15) is 0 Å². The minimum atomic E-state index is 0.694. The van der Waals surface area contributed by atoms with Gasteiger partial charge in [0, 0.05) is 0 Å². The summed E-state index contributed by atoms with van der Waals surface area (Å²) in [6, 6.07) is 26.5. The first-order chi connectivity index (χ1) is 13.3. The van der Waals surface area contributed by atoms with Crippen molar-refractivity contribution in [3.8, 4) is 11.5 Å². The highest BCUT2D eigenvalue weighted by Crippen LogP contribution is 2.27. The van der Waals surface area contributed by atoms with E-state index in [0.29, 0.717) is 11.5 Å². The first-order valence-corrected chi connectivity index (χ1v) is 8.87. The smallest absolute Gasteiger partial charge is 0.161 e. The highest BCUT2D eigenvalue weighted by molar-refractivity contribution is 5.80. The summed E-state index contributed by atoms with van der Waals surface area (Å²) < 4.78 is 10.7. The van der Waals surface area contributed by atoms with Crippen LogP contribution in [0.1, 0.15) is 16.7 Å². The predicted octanol–water partition coefficient (Wildman–Crippen LogP) is 4.74. The first-order valence-electron chi connectivity index (χ1n) is 8.87. The molecular weight excluding hydrogens is 336 g/mol. The third-order valence-electron chi connectivity index (χ3n) is 4.19. The number of ether oxygens (including phenoxy) is 2. The zero-order valence-electron chi connectivity index (χ0n) is 15.7. The van der Waals surface area contributed by atoms with Crippen LogP contribution in [0.4, 0.5) is 0 Å². The Morgan fingerprint density at radius 2 is 1.30 bits per heavy atom. The van der Waals surface area contributed by atoms with Crippen LogP contribution >= 0.6 is 0 Å². The van der Waals surface area contributed by atoms with Gasteiger partial charge in [0.2, 0.25) is 0 Å². The Kier molecular flexibility index (Phi) is 6.47. The molecule has 0 aliphatic rings. The van der Waals surface area contributed by atoms with E-state index in [2.05, 4.69) is 29.3 Å². The molecule has 3 aromatic rings. The molecule has 0 spiro atoms. The molecule has 0 radical (unpaired) electrons. The minimum absolute atomic E-state index is 0.694. The lowest BCUT2D eigenvalue weighted by atomic mass is 10.2. The molecule has 0 unspecified atom stereocenters. The highest BCUT2D eigenvalue weighted by Gasteiger charge is 2.06. The van der Waals surface area contributed by atoms with Gasteiger partial charge in [0.05, 0.1) is 33.5 Å². The normalized spacial score (nSPS) is 10.7. The summed E-state index contributed by atoms with van der Waals surface area (Å²) in [7, 11) is 3.27. The summed E-state index contributed by atoms with van der Waals surface area (Å²) in [5, 5.41) is 6.78. The molecular formula is C23H24N2O2. The van der Waals surface area contributed by atoms with E-state index in [1.807, 2.05) is 60.8 Å². The second kappa shape index (κ2) is 9.43. The topological polar surface area (TPSA) is 34.1 Å². The standard InChI is InChI=1S/C23H24N2O2/c1-26-22-14-13-21(15-23(22)27-2)16-24-25(17-19-9-5-3-6-10-19)18-20-11-7-4-8-12-20/h3-16H,17-18H2,1-2H3/b24-16+. The number of hydrogen-bond donors (Lipinski definition) is 0. The lowest BCUT2D eigenvalue weighted by Gasteiger charge is -2.19. The third-order valence-corrected chi connectivity index (χ3v) is 4.19. The first kappa shape index (κ1) is 18.5. The Morgan fingerprint density at radius 1 is 0.741 bits per heavy atom.